The highest BCUT2D eigenvalue weighted by atomic mass is 32.1. The maximum Gasteiger partial charge on any atom is 0.127 e. The lowest BCUT2D eigenvalue weighted by Crippen LogP contribution is -2.31. The van der Waals surface area contributed by atoms with Crippen molar-refractivity contribution in [1.82, 2.24) is 0 Å². The Morgan fingerprint density at radius 3 is 0.863 bits per heavy atom. The van der Waals surface area contributed by atoms with Crippen LogP contribution in [0.15, 0.2) is 388 Å². The number of nitrogens with zero attached hydrogens (tertiary/aromatic N) is 4. The molecule has 0 saturated carbocycles. The van der Waals surface area contributed by atoms with E-state index in [1.54, 1.807) is 0 Å². The second kappa shape index (κ2) is 27.7. The second-order valence-corrected chi connectivity index (χ2v) is 24.2. The van der Waals surface area contributed by atoms with Crippen molar-refractivity contribution in [3.8, 4) is 66.1 Å². The third-order valence-electron chi connectivity index (χ3n) is 17.1. The van der Waals surface area contributed by atoms with Crippen LogP contribution in [-0.2, 0) is 0 Å². The van der Waals surface area contributed by atoms with E-state index in [0.29, 0.717) is 0 Å². The van der Waals surface area contributed by atoms with E-state index in [0.717, 1.165) is 114 Å². The number of hydrogen-bond acceptors (Lipinski definition) is 7. The van der Waals surface area contributed by atoms with Crippen LogP contribution in [0.4, 0.5) is 56.9 Å². The van der Waals surface area contributed by atoms with Gasteiger partial charge in [0.15, 0.2) is 0 Å². The van der Waals surface area contributed by atoms with Gasteiger partial charge in [0.2, 0.25) is 0 Å². The van der Waals surface area contributed by atoms with Crippen LogP contribution in [0.3, 0.4) is 0 Å². The molecule has 0 radical (unpaired) electrons. The molecule has 456 valence electrons. The standard InChI is InChI=1S/C88H66N4O2S/c1-9-25-65(26-10-1)85-86(66-27-11-2-12-28-66)88(68-43-47-74(48-44-68)92(80-59-63-84(64-60-80)94-82-39-23-8-24-40-82)78-55-51-76(52-56-78)90(71-33-17-5-18-34-71)72-35-19-6-20-36-72)95-87(85)67-41-45-73(46-42-67)91(79-57-61-83(62-58-79)93-81-37-21-7-22-38-81)77-53-49-75(50-54-77)89(69-29-13-3-14-30-69)70-31-15-4-16-32-70/h1-51,53-64,76H,52H2. The zero-order chi connectivity index (χ0) is 63.5. The monoisotopic (exact) mass is 1240 g/mol. The molecule has 1 atom stereocenters. The minimum atomic E-state index is 0.0983. The van der Waals surface area contributed by atoms with Gasteiger partial charge >= 0.3 is 0 Å². The molecule has 1 unspecified atom stereocenters. The molecule has 6 nitrogen and oxygen atoms in total. The molecule has 0 amide bonds. The summed E-state index contributed by atoms with van der Waals surface area (Å²) < 4.78 is 12.6. The maximum atomic E-state index is 6.32. The summed E-state index contributed by atoms with van der Waals surface area (Å²) in [5.74, 6) is 3.12. The topological polar surface area (TPSA) is 31.4 Å². The molecule has 7 heteroatoms. The van der Waals surface area contributed by atoms with E-state index in [4.69, 9.17) is 9.47 Å². The molecule has 0 fully saturated rings. The van der Waals surface area contributed by atoms with Gasteiger partial charge in [-0.25, -0.2) is 0 Å². The average Bonchev–Trinajstić information content (AvgIpc) is 1.63. The minimum Gasteiger partial charge on any atom is -0.457 e. The predicted octanol–water partition coefficient (Wildman–Crippen LogP) is 25.1. The van der Waals surface area contributed by atoms with Crippen molar-refractivity contribution in [2.24, 2.45) is 0 Å². The van der Waals surface area contributed by atoms with E-state index in [9.17, 15) is 0 Å². The van der Waals surface area contributed by atoms with Gasteiger partial charge in [0.05, 0.1) is 6.04 Å². The largest absolute Gasteiger partial charge is 0.457 e. The number of hydrogen-bond donors (Lipinski definition) is 0. The summed E-state index contributed by atoms with van der Waals surface area (Å²) in [7, 11) is 0. The van der Waals surface area contributed by atoms with Crippen LogP contribution in [0.5, 0.6) is 23.0 Å². The fourth-order valence-corrected chi connectivity index (χ4v) is 14.0. The Balaban J connectivity index is 0.805. The van der Waals surface area contributed by atoms with E-state index >= 15 is 0 Å². The number of allylic oxidation sites excluding steroid dienone is 1. The molecule has 15 rings (SSSR count). The molecule has 1 aliphatic carbocycles. The molecule has 0 N–H and O–H groups in total. The van der Waals surface area contributed by atoms with Gasteiger partial charge in [-0.05, 0) is 205 Å². The van der Waals surface area contributed by atoms with Gasteiger partial charge in [-0.2, -0.15) is 0 Å². The summed E-state index contributed by atoms with van der Waals surface area (Å²) in [5.41, 5.74) is 18.7. The Hall–Kier alpha value is -12.2. The van der Waals surface area contributed by atoms with Crippen LogP contribution in [0.1, 0.15) is 6.42 Å². The molecule has 14 aromatic rings. The van der Waals surface area contributed by atoms with Gasteiger partial charge in [0.25, 0.3) is 0 Å². The first-order valence-corrected chi connectivity index (χ1v) is 33.0. The van der Waals surface area contributed by atoms with E-state index in [1.807, 2.05) is 84.1 Å². The third-order valence-corrected chi connectivity index (χ3v) is 18.4. The predicted molar refractivity (Wildman–Crippen MR) is 398 cm³/mol. The molecule has 1 aromatic heterocycles. The minimum absolute atomic E-state index is 0.0983. The molecule has 1 aliphatic rings. The van der Waals surface area contributed by atoms with Crippen molar-refractivity contribution in [2.75, 3.05) is 19.6 Å². The van der Waals surface area contributed by atoms with Crippen LogP contribution < -0.4 is 29.1 Å². The van der Waals surface area contributed by atoms with E-state index in [1.165, 1.54) is 20.9 Å². The van der Waals surface area contributed by atoms with Gasteiger partial charge in [0.1, 0.15) is 23.0 Å². The fourth-order valence-electron chi connectivity index (χ4n) is 12.6. The van der Waals surface area contributed by atoms with Crippen molar-refractivity contribution in [3.05, 3.63) is 388 Å². The van der Waals surface area contributed by atoms with Crippen molar-refractivity contribution in [2.45, 2.75) is 12.5 Å². The molecule has 13 aromatic carbocycles. The normalized spacial score (nSPS) is 12.5. The first-order valence-electron chi connectivity index (χ1n) is 32.1. The first-order chi connectivity index (χ1) is 47.1. The number of benzene rings is 13. The summed E-state index contributed by atoms with van der Waals surface area (Å²) in [5, 5.41) is 0. The zero-order valence-corrected chi connectivity index (χ0v) is 53.0. The third kappa shape index (κ3) is 13.1. The second-order valence-electron chi connectivity index (χ2n) is 23.2. The Labute approximate surface area is 560 Å². The van der Waals surface area contributed by atoms with Crippen LogP contribution in [0, 0.1) is 0 Å². The highest BCUT2D eigenvalue weighted by Gasteiger charge is 2.27. The van der Waals surface area contributed by atoms with Gasteiger partial charge in [0, 0.05) is 83.5 Å². The number of thiophene rings is 1. The van der Waals surface area contributed by atoms with Gasteiger partial charge in [-0.1, -0.05) is 206 Å². The number of rotatable bonds is 20. The molecule has 0 aliphatic heterocycles. The summed E-state index contributed by atoms with van der Waals surface area (Å²) in [6, 6.07) is 128. The average molecular weight is 1240 g/mol. The lowest BCUT2D eigenvalue weighted by molar-refractivity contribution is 0.482. The SMILES string of the molecule is C1=CC(N(c2ccccc2)c2ccccc2)CC=C1N(c1ccc(Oc2ccccc2)cc1)c1ccc(-c2sc(-c3ccc(N(c4ccc(Oc5ccccc5)cc4)c4ccc(N(c5ccccc5)c5ccccc5)cc4)cc3)c(-c3ccccc3)c2-c2ccccc2)cc1. The number of anilines is 10. The van der Waals surface area contributed by atoms with E-state index in [2.05, 4.69) is 329 Å². The Bertz CT molecular complexity index is 4770. The molecular formula is C88H66N4O2S. The van der Waals surface area contributed by atoms with Crippen molar-refractivity contribution >= 4 is 68.2 Å². The number of ether oxygens (including phenoxy) is 2. The quantitative estimate of drug-likeness (QED) is 0.0756. The molecular weight excluding hydrogens is 1180 g/mol. The Kier molecular flexibility index (Phi) is 17.3. The lowest BCUT2D eigenvalue weighted by Gasteiger charge is -2.35. The van der Waals surface area contributed by atoms with Gasteiger partial charge in [-0.15, -0.1) is 11.3 Å². The summed E-state index contributed by atoms with van der Waals surface area (Å²) >= 11 is 1.85. The van der Waals surface area contributed by atoms with Crippen LogP contribution in [0.25, 0.3) is 43.1 Å². The van der Waals surface area contributed by atoms with Gasteiger partial charge < -0.3 is 29.1 Å². The van der Waals surface area contributed by atoms with Crippen LogP contribution >= 0.6 is 11.3 Å². The Morgan fingerprint density at radius 2 is 0.526 bits per heavy atom. The fraction of sp³-hybridized carbons (Fsp3) is 0.0227. The van der Waals surface area contributed by atoms with Crippen molar-refractivity contribution in [3.63, 3.8) is 0 Å². The van der Waals surface area contributed by atoms with E-state index < -0.39 is 0 Å². The molecule has 95 heavy (non-hydrogen) atoms. The van der Waals surface area contributed by atoms with Crippen molar-refractivity contribution < 1.29 is 9.47 Å². The van der Waals surface area contributed by atoms with E-state index in [-0.39, 0.29) is 6.04 Å². The molecule has 0 saturated heterocycles. The summed E-state index contributed by atoms with van der Waals surface area (Å²) in [4.78, 5) is 11.8. The highest BCUT2D eigenvalue weighted by molar-refractivity contribution is 7.20. The highest BCUT2D eigenvalue weighted by Crippen LogP contribution is 2.53. The maximum absolute atomic E-state index is 6.32. The summed E-state index contributed by atoms with van der Waals surface area (Å²) in [6.07, 6.45) is 7.81. The molecule has 0 spiro atoms. The van der Waals surface area contributed by atoms with Crippen LogP contribution in [-0.4, -0.2) is 6.04 Å². The lowest BCUT2D eigenvalue weighted by atomic mass is 9.91. The molecule has 1 heterocycles. The Morgan fingerprint density at radius 1 is 0.253 bits per heavy atom. The van der Waals surface area contributed by atoms with Crippen LogP contribution in [0.2, 0.25) is 0 Å². The number of para-hydroxylation sites is 6. The first kappa shape index (κ1) is 59.2. The van der Waals surface area contributed by atoms with Crippen molar-refractivity contribution in [1.29, 1.82) is 0 Å². The molecule has 0 bridgehead atoms. The van der Waals surface area contributed by atoms with Gasteiger partial charge in [-0.3, -0.25) is 0 Å². The summed E-state index contributed by atoms with van der Waals surface area (Å²) in [6.45, 7) is 0. The zero-order valence-electron chi connectivity index (χ0n) is 52.2. The smallest absolute Gasteiger partial charge is 0.127 e.